The Kier molecular flexibility index (Phi) is 12.0. The number of hydrogen-bond donors (Lipinski definition) is 3. The fraction of sp³-hybridized carbons (Fsp3) is 0.458. The Labute approximate surface area is 176 Å². The van der Waals surface area contributed by atoms with Crippen LogP contribution >= 0.6 is 0 Å². The first-order valence-electron chi connectivity index (χ1n) is 10.6. The molecule has 1 rings (SSSR count). The zero-order valence-electron chi connectivity index (χ0n) is 18.3. The lowest BCUT2D eigenvalue weighted by atomic mass is 10.1. The number of nitrogens with two attached hydrogens (primary N) is 1. The molecule has 0 aromatic heterocycles. The van der Waals surface area contributed by atoms with Crippen molar-refractivity contribution >= 4 is 6.03 Å². The molecule has 1 aliphatic carbocycles. The summed E-state index contributed by atoms with van der Waals surface area (Å²) in [5.74, 6) is 0.788. The van der Waals surface area contributed by atoms with Crippen molar-refractivity contribution in [3.63, 3.8) is 0 Å². The molecule has 5 nitrogen and oxygen atoms in total. The van der Waals surface area contributed by atoms with Crippen molar-refractivity contribution in [3.05, 3.63) is 71.5 Å². The van der Waals surface area contributed by atoms with Gasteiger partial charge in [-0.05, 0) is 68.9 Å². The molecule has 160 valence electrons. The van der Waals surface area contributed by atoms with Gasteiger partial charge in [-0.3, -0.25) is 0 Å². The summed E-state index contributed by atoms with van der Waals surface area (Å²) in [5.41, 5.74) is 8.50. The van der Waals surface area contributed by atoms with E-state index in [0.29, 0.717) is 6.42 Å². The van der Waals surface area contributed by atoms with Gasteiger partial charge in [0.25, 0.3) is 0 Å². The Balaban J connectivity index is 2.77. The highest BCUT2D eigenvalue weighted by Crippen LogP contribution is 2.16. The van der Waals surface area contributed by atoms with Crippen molar-refractivity contribution in [3.8, 4) is 0 Å². The summed E-state index contributed by atoms with van der Waals surface area (Å²) in [4.78, 5) is 12.3. The first-order valence-corrected chi connectivity index (χ1v) is 10.6. The third kappa shape index (κ3) is 10.4. The minimum Gasteiger partial charge on any atom is -0.465 e. The molecule has 5 heteroatoms. The van der Waals surface area contributed by atoms with E-state index < -0.39 is 0 Å². The van der Waals surface area contributed by atoms with Crippen LogP contribution in [0.3, 0.4) is 0 Å². The van der Waals surface area contributed by atoms with Crippen LogP contribution in [0, 0.1) is 0 Å². The fourth-order valence-electron chi connectivity index (χ4n) is 2.82. The molecule has 0 atom stereocenters. The van der Waals surface area contributed by atoms with Gasteiger partial charge < -0.3 is 21.1 Å². The molecule has 29 heavy (non-hydrogen) atoms. The highest BCUT2D eigenvalue weighted by atomic mass is 16.5. The number of hydrogen-bond acceptors (Lipinski definition) is 3. The van der Waals surface area contributed by atoms with E-state index in [-0.39, 0.29) is 12.1 Å². The molecule has 0 unspecified atom stereocenters. The summed E-state index contributed by atoms with van der Waals surface area (Å²) in [5, 5.41) is 5.95. The van der Waals surface area contributed by atoms with E-state index in [2.05, 4.69) is 31.4 Å². The second kappa shape index (κ2) is 14.3. The van der Waals surface area contributed by atoms with Crippen molar-refractivity contribution in [1.29, 1.82) is 0 Å². The molecule has 1 aliphatic rings. The quantitative estimate of drug-likeness (QED) is 0.307. The highest BCUT2D eigenvalue weighted by molar-refractivity contribution is 5.76. The number of rotatable bonds is 11. The van der Waals surface area contributed by atoms with Crippen LogP contribution in [-0.2, 0) is 4.74 Å². The zero-order chi connectivity index (χ0) is 21.5. The van der Waals surface area contributed by atoms with Crippen LogP contribution < -0.4 is 16.4 Å². The Bertz CT molecular complexity index is 693. The molecule has 0 bridgehead atoms. The number of ether oxygens (including phenoxy) is 1. The van der Waals surface area contributed by atoms with E-state index in [9.17, 15) is 4.79 Å². The van der Waals surface area contributed by atoms with Gasteiger partial charge in [0.05, 0.1) is 6.26 Å². The minimum atomic E-state index is -0.167. The van der Waals surface area contributed by atoms with Gasteiger partial charge in [-0.15, -0.1) is 0 Å². The molecule has 0 aliphatic heterocycles. The van der Waals surface area contributed by atoms with E-state index in [1.54, 1.807) is 0 Å². The Morgan fingerprint density at radius 2 is 2.00 bits per heavy atom. The van der Waals surface area contributed by atoms with Crippen LogP contribution in [0.1, 0.15) is 66.2 Å². The standard InChI is InChI=1S/C24H37N3O2/c1-5-10-19(18-29-23-13-9-12-20(25)15-17-23)14-16-22(11-6-2)27-24(28)26-21(7-3)8-4/h6,11-13,15-18,21H,5,7-10,14,25H2,1-4H3,(H2,26,27,28)/b11-6-,19-18+,22-16?. The number of carbonyl (C=O) groups excluding carboxylic acids is 1. The predicted molar refractivity (Wildman–Crippen MR) is 122 cm³/mol. The SMILES string of the molecule is C/C=C\C(=CC/C(=C/OC1=CCC=C(N)C=C1)CCC)NC(=O)NC(CC)CC. The molecule has 0 aromatic carbocycles. The van der Waals surface area contributed by atoms with Crippen molar-refractivity contribution in [1.82, 2.24) is 10.6 Å². The third-order valence-corrected chi connectivity index (χ3v) is 4.55. The average Bonchev–Trinajstić information content (AvgIpc) is 2.92. The van der Waals surface area contributed by atoms with Crippen molar-refractivity contribution in [2.24, 2.45) is 5.73 Å². The van der Waals surface area contributed by atoms with Crippen LogP contribution in [0.5, 0.6) is 0 Å². The number of nitrogens with one attached hydrogen (secondary N) is 2. The summed E-state index contributed by atoms with van der Waals surface area (Å²) in [6.45, 7) is 8.22. The summed E-state index contributed by atoms with van der Waals surface area (Å²) < 4.78 is 5.86. The number of carbonyl (C=O) groups is 1. The lowest BCUT2D eigenvalue weighted by molar-refractivity contribution is 0.239. The smallest absolute Gasteiger partial charge is 0.319 e. The van der Waals surface area contributed by atoms with Crippen LogP contribution in [0.25, 0.3) is 0 Å². The van der Waals surface area contributed by atoms with Gasteiger partial charge in [-0.2, -0.15) is 0 Å². The van der Waals surface area contributed by atoms with Crippen molar-refractivity contribution in [2.45, 2.75) is 72.3 Å². The predicted octanol–water partition coefficient (Wildman–Crippen LogP) is 5.71. The molecule has 0 saturated heterocycles. The topological polar surface area (TPSA) is 76.4 Å². The summed E-state index contributed by atoms with van der Waals surface area (Å²) >= 11 is 0. The number of urea groups is 1. The molecule has 0 spiro atoms. The largest absolute Gasteiger partial charge is 0.465 e. The average molecular weight is 400 g/mol. The van der Waals surface area contributed by atoms with Crippen LogP contribution in [-0.4, -0.2) is 12.1 Å². The van der Waals surface area contributed by atoms with E-state index in [1.807, 2.05) is 55.7 Å². The summed E-state index contributed by atoms with van der Waals surface area (Å²) in [6.07, 6.45) is 20.6. The maximum absolute atomic E-state index is 12.3. The molecule has 0 radical (unpaired) electrons. The molecular weight excluding hydrogens is 362 g/mol. The van der Waals surface area contributed by atoms with E-state index in [1.165, 1.54) is 0 Å². The van der Waals surface area contributed by atoms with Gasteiger partial charge >= 0.3 is 6.03 Å². The monoisotopic (exact) mass is 399 g/mol. The molecule has 4 N–H and O–H groups in total. The lowest BCUT2D eigenvalue weighted by Crippen LogP contribution is -2.40. The Hall–Kier alpha value is -2.69. The molecule has 0 heterocycles. The maximum atomic E-state index is 12.3. The van der Waals surface area contributed by atoms with Crippen LogP contribution in [0.15, 0.2) is 71.5 Å². The normalized spacial score (nSPS) is 15.2. The van der Waals surface area contributed by atoms with Gasteiger partial charge in [-0.25, -0.2) is 4.79 Å². The van der Waals surface area contributed by atoms with E-state index in [4.69, 9.17) is 10.5 Å². The fourth-order valence-corrected chi connectivity index (χ4v) is 2.82. The number of amides is 2. The highest BCUT2D eigenvalue weighted by Gasteiger charge is 2.08. The molecule has 2 amide bonds. The Morgan fingerprint density at radius 1 is 1.24 bits per heavy atom. The Morgan fingerprint density at radius 3 is 2.66 bits per heavy atom. The maximum Gasteiger partial charge on any atom is 0.319 e. The van der Waals surface area contributed by atoms with E-state index in [0.717, 1.165) is 54.8 Å². The second-order valence-corrected chi connectivity index (χ2v) is 7.00. The number of allylic oxidation sites excluding steroid dienone is 8. The summed E-state index contributed by atoms with van der Waals surface area (Å²) in [6, 6.07) is 0.0226. The van der Waals surface area contributed by atoms with Crippen molar-refractivity contribution in [2.75, 3.05) is 0 Å². The van der Waals surface area contributed by atoms with Gasteiger partial charge in [0.2, 0.25) is 0 Å². The minimum absolute atomic E-state index is 0.167. The van der Waals surface area contributed by atoms with Gasteiger partial charge in [0, 0.05) is 17.4 Å². The molecule has 0 aromatic rings. The van der Waals surface area contributed by atoms with Crippen LogP contribution in [0.2, 0.25) is 0 Å². The second-order valence-electron chi connectivity index (χ2n) is 7.00. The third-order valence-electron chi connectivity index (χ3n) is 4.55. The summed E-state index contributed by atoms with van der Waals surface area (Å²) in [7, 11) is 0. The molecule has 0 saturated carbocycles. The van der Waals surface area contributed by atoms with Crippen LogP contribution in [0.4, 0.5) is 4.79 Å². The molecule has 0 fully saturated rings. The molecular formula is C24H37N3O2. The van der Waals surface area contributed by atoms with Gasteiger partial charge in [-0.1, -0.05) is 45.4 Å². The zero-order valence-corrected chi connectivity index (χ0v) is 18.3. The van der Waals surface area contributed by atoms with Crippen molar-refractivity contribution < 1.29 is 9.53 Å². The first kappa shape index (κ1) is 24.3. The van der Waals surface area contributed by atoms with Gasteiger partial charge in [0.1, 0.15) is 5.76 Å². The lowest BCUT2D eigenvalue weighted by Gasteiger charge is -2.16. The van der Waals surface area contributed by atoms with E-state index >= 15 is 0 Å². The first-order chi connectivity index (χ1) is 14.0. The van der Waals surface area contributed by atoms with Gasteiger partial charge in [0.15, 0.2) is 0 Å².